The number of benzene rings is 1. The lowest BCUT2D eigenvalue weighted by Gasteiger charge is -2.19. The van der Waals surface area contributed by atoms with Crippen LogP contribution >= 0.6 is 0 Å². The van der Waals surface area contributed by atoms with Gasteiger partial charge in [-0.15, -0.1) is 0 Å². The summed E-state index contributed by atoms with van der Waals surface area (Å²) in [7, 11) is 0. The molecule has 6 heteroatoms. The third-order valence-electron chi connectivity index (χ3n) is 3.37. The smallest absolute Gasteiger partial charge is 0.263 e. The number of carbonyl (C=O) groups is 1. The lowest BCUT2D eigenvalue weighted by Crippen LogP contribution is -2.39. The van der Waals surface area contributed by atoms with Crippen LogP contribution in [0.15, 0.2) is 35.3 Å². The summed E-state index contributed by atoms with van der Waals surface area (Å²) in [6.07, 6.45) is 0. The predicted octanol–water partition coefficient (Wildman–Crippen LogP) is 2.00. The monoisotopic (exact) mass is 286 g/mol. The van der Waals surface area contributed by atoms with Gasteiger partial charge < -0.3 is 0 Å². The summed E-state index contributed by atoms with van der Waals surface area (Å²) in [6, 6.07) is 7.88. The van der Waals surface area contributed by atoms with Gasteiger partial charge in [0.1, 0.15) is 5.82 Å². The Labute approximate surface area is 121 Å². The lowest BCUT2D eigenvalue weighted by molar-refractivity contribution is 0.0849. The lowest BCUT2D eigenvalue weighted by atomic mass is 10.2. The Morgan fingerprint density at radius 3 is 2.71 bits per heavy atom. The van der Waals surface area contributed by atoms with Gasteiger partial charge in [-0.2, -0.15) is 5.10 Å². The van der Waals surface area contributed by atoms with Gasteiger partial charge in [0.2, 0.25) is 5.96 Å². The van der Waals surface area contributed by atoms with Crippen molar-refractivity contribution in [1.29, 1.82) is 0 Å². The first kappa shape index (κ1) is 13.5. The average molecular weight is 286 g/mol. The second kappa shape index (κ2) is 5.12. The maximum atomic E-state index is 13.8. The molecule has 1 aromatic heterocycles. The van der Waals surface area contributed by atoms with Crippen molar-refractivity contribution < 1.29 is 9.18 Å². The number of aliphatic imine (C=N–C) groups is 1. The van der Waals surface area contributed by atoms with Crippen LogP contribution in [0.4, 0.5) is 4.39 Å². The van der Waals surface area contributed by atoms with E-state index in [9.17, 15) is 9.18 Å². The van der Waals surface area contributed by atoms with Crippen LogP contribution in [0.3, 0.4) is 0 Å². The summed E-state index contributed by atoms with van der Waals surface area (Å²) in [5, 5.41) is 4.34. The minimum Gasteiger partial charge on any atom is -0.275 e. The van der Waals surface area contributed by atoms with Crippen LogP contribution in [-0.4, -0.2) is 39.6 Å². The fourth-order valence-corrected chi connectivity index (χ4v) is 2.42. The molecule has 0 saturated heterocycles. The molecule has 2 heterocycles. The number of hydrogen-bond donors (Lipinski definition) is 0. The molecule has 0 spiro atoms. The number of rotatable bonds is 1. The number of carbonyl (C=O) groups excluding carboxylic acids is 1. The molecule has 21 heavy (non-hydrogen) atoms. The van der Waals surface area contributed by atoms with Crippen molar-refractivity contribution >= 4 is 11.9 Å². The van der Waals surface area contributed by atoms with Gasteiger partial charge in [0, 0.05) is 12.2 Å². The van der Waals surface area contributed by atoms with Gasteiger partial charge in [-0.3, -0.25) is 9.69 Å². The summed E-state index contributed by atoms with van der Waals surface area (Å²) in [5.74, 6) is -0.465. The molecule has 1 aromatic carbocycles. The molecule has 108 valence electrons. The van der Waals surface area contributed by atoms with Crippen molar-refractivity contribution in [3.05, 3.63) is 53.1 Å². The van der Waals surface area contributed by atoms with Crippen LogP contribution in [0, 0.1) is 19.7 Å². The van der Waals surface area contributed by atoms with Gasteiger partial charge in [0.15, 0.2) is 0 Å². The van der Waals surface area contributed by atoms with E-state index in [1.54, 1.807) is 16.8 Å². The van der Waals surface area contributed by atoms with Crippen molar-refractivity contribution in [2.75, 3.05) is 13.1 Å². The van der Waals surface area contributed by atoms with Gasteiger partial charge >= 0.3 is 0 Å². The van der Waals surface area contributed by atoms with Crippen molar-refractivity contribution in [1.82, 2.24) is 14.7 Å². The number of nitrogens with zero attached hydrogens (tertiary/aromatic N) is 4. The molecular formula is C15H15FN4O. The van der Waals surface area contributed by atoms with E-state index in [2.05, 4.69) is 10.1 Å². The molecule has 0 saturated carbocycles. The zero-order valence-electron chi connectivity index (χ0n) is 11.9. The SMILES string of the molecule is Cc1cc(C)n(C2=NCCN2C(=O)c2ccccc2F)n1. The molecule has 0 unspecified atom stereocenters. The highest BCUT2D eigenvalue weighted by molar-refractivity contribution is 6.07. The first-order valence-corrected chi connectivity index (χ1v) is 6.72. The van der Waals surface area contributed by atoms with Crippen LogP contribution in [0.1, 0.15) is 21.7 Å². The molecule has 1 aliphatic rings. The maximum absolute atomic E-state index is 13.8. The highest BCUT2D eigenvalue weighted by Gasteiger charge is 2.28. The fourth-order valence-electron chi connectivity index (χ4n) is 2.42. The molecule has 0 aliphatic carbocycles. The number of amides is 1. The van der Waals surface area contributed by atoms with Crippen LogP contribution in [0.5, 0.6) is 0 Å². The summed E-state index contributed by atoms with van der Waals surface area (Å²) in [6.45, 7) is 4.70. The van der Waals surface area contributed by atoms with E-state index >= 15 is 0 Å². The molecule has 0 N–H and O–H groups in total. The average Bonchev–Trinajstić information content (AvgIpc) is 3.04. The minimum absolute atomic E-state index is 0.0497. The third-order valence-corrected chi connectivity index (χ3v) is 3.37. The predicted molar refractivity (Wildman–Crippen MR) is 76.8 cm³/mol. The van der Waals surface area contributed by atoms with E-state index in [1.165, 1.54) is 17.0 Å². The molecule has 0 bridgehead atoms. The van der Waals surface area contributed by atoms with E-state index in [4.69, 9.17) is 0 Å². The normalized spacial score (nSPS) is 14.4. The molecule has 2 aromatic rings. The quantitative estimate of drug-likeness (QED) is 0.805. The van der Waals surface area contributed by atoms with Gasteiger partial charge in [-0.25, -0.2) is 14.1 Å². The second-order valence-electron chi connectivity index (χ2n) is 4.96. The van der Waals surface area contributed by atoms with Gasteiger partial charge in [0.05, 0.1) is 17.8 Å². The Morgan fingerprint density at radius 2 is 2.05 bits per heavy atom. The molecule has 1 aliphatic heterocycles. The van der Waals surface area contributed by atoms with Crippen molar-refractivity contribution in [2.45, 2.75) is 13.8 Å². The van der Waals surface area contributed by atoms with E-state index in [-0.39, 0.29) is 5.56 Å². The molecule has 1 amide bonds. The van der Waals surface area contributed by atoms with Gasteiger partial charge in [0.25, 0.3) is 5.91 Å². The molecule has 3 rings (SSSR count). The number of aryl methyl sites for hydroxylation is 2. The van der Waals surface area contributed by atoms with E-state index in [0.717, 1.165) is 11.4 Å². The zero-order valence-corrected chi connectivity index (χ0v) is 11.9. The molecule has 5 nitrogen and oxygen atoms in total. The maximum Gasteiger partial charge on any atom is 0.263 e. The zero-order chi connectivity index (χ0) is 15.0. The number of hydrogen-bond acceptors (Lipinski definition) is 3. The Balaban J connectivity index is 1.96. The third kappa shape index (κ3) is 2.33. The topological polar surface area (TPSA) is 50.5 Å². The fraction of sp³-hybridized carbons (Fsp3) is 0.267. The number of aromatic nitrogens is 2. The van der Waals surface area contributed by atoms with E-state index < -0.39 is 11.7 Å². The summed E-state index contributed by atoms with van der Waals surface area (Å²) in [4.78, 5) is 18.3. The Morgan fingerprint density at radius 1 is 1.29 bits per heavy atom. The Kier molecular flexibility index (Phi) is 3.29. The second-order valence-corrected chi connectivity index (χ2v) is 4.96. The van der Waals surface area contributed by atoms with E-state index in [0.29, 0.717) is 19.0 Å². The van der Waals surface area contributed by atoms with Crippen LogP contribution in [-0.2, 0) is 0 Å². The molecule has 0 radical (unpaired) electrons. The van der Waals surface area contributed by atoms with Gasteiger partial charge in [-0.05, 0) is 32.0 Å². The van der Waals surface area contributed by atoms with Crippen LogP contribution in [0.2, 0.25) is 0 Å². The Bertz CT molecular complexity index is 735. The van der Waals surface area contributed by atoms with Crippen molar-refractivity contribution in [3.63, 3.8) is 0 Å². The standard InChI is InChI=1S/C15H15FN4O/c1-10-9-11(2)20(18-10)15-17-7-8-19(15)14(21)12-5-3-4-6-13(12)16/h3-6,9H,7-8H2,1-2H3. The van der Waals surface area contributed by atoms with Crippen molar-refractivity contribution in [3.8, 4) is 0 Å². The minimum atomic E-state index is -0.526. The van der Waals surface area contributed by atoms with Crippen molar-refractivity contribution in [2.24, 2.45) is 4.99 Å². The summed E-state index contributed by atoms with van der Waals surface area (Å²) < 4.78 is 15.4. The summed E-state index contributed by atoms with van der Waals surface area (Å²) in [5.41, 5.74) is 1.79. The molecular weight excluding hydrogens is 271 g/mol. The first-order chi connectivity index (χ1) is 10.1. The van der Waals surface area contributed by atoms with Gasteiger partial charge in [-0.1, -0.05) is 12.1 Å². The highest BCUT2D eigenvalue weighted by Crippen LogP contribution is 2.15. The first-order valence-electron chi connectivity index (χ1n) is 6.72. The van der Waals surface area contributed by atoms with Crippen LogP contribution in [0.25, 0.3) is 0 Å². The largest absolute Gasteiger partial charge is 0.275 e. The molecule has 0 fully saturated rings. The van der Waals surface area contributed by atoms with Crippen LogP contribution < -0.4 is 0 Å². The summed E-state index contributed by atoms with van der Waals surface area (Å²) >= 11 is 0. The highest BCUT2D eigenvalue weighted by atomic mass is 19.1. The van der Waals surface area contributed by atoms with E-state index in [1.807, 2.05) is 19.9 Å². The Hall–Kier alpha value is -2.50. The molecule has 0 atom stereocenters. The number of halogens is 1.